The molecule has 0 saturated carbocycles. The highest BCUT2D eigenvalue weighted by molar-refractivity contribution is 6.42. The zero-order valence-corrected chi connectivity index (χ0v) is 25.3. The van der Waals surface area contributed by atoms with E-state index in [-0.39, 0.29) is 7.33 Å². The van der Waals surface area contributed by atoms with Gasteiger partial charge in [0.05, 0.1) is 32.3 Å². The molecule has 2 saturated heterocycles. The van der Waals surface area contributed by atoms with Crippen LogP contribution in [0.25, 0.3) is 0 Å². The highest BCUT2D eigenvalue weighted by Gasteiger charge is 2.30. The fraction of sp³-hybridized carbons (Fsp3) is 0.387. The van der Waals surface area contributed by atoms with Crippen molar-refractivity contribution in [2.75, 3.05) is 44.2 Å². The quantitative estimate of drug-likeness (QED) is 0.331. The lowest BCUT2D eigenvalue weighted by molar-refractivity contribution is 0.0839. The third kappa shape index (κ3) is 7.14. The maximum atomic E-state index is 12.7. The summed E-state index contributed by atoms with van der Waals surface area (Å²) in [5, 5.41) is 13.3. The molecule has 0 aliphatic carbocycles. The number of piperazine rings is 1. The number of nitrogens with zero attached hydrogens (tertiary/aromatic N) is 5. The number of aromatic nitrogens is 1. The molecule has 2 fully saturated rings. The normalized spacial score (nSPS) is 17.7. The van der Waals surface area contributed by atoms with Crippen LogP contribution in [-0.4, -0.2) is 66.0 Å². The molecule has 10 heteroatoms. The van der Waals surface area contributed by atoms with E-state index in [1.165, 1.54) is 5.56 Å². The van der Waals surface area contributed by atoms with Crippen molar-refractivity contribution in [1.29, 1.82) is 5.26 Å². The van der Waals surface area contributed by atoms with Crippen molar-refractivity contribution in [3.63, 3.8) is 0 Å². The molecule has 5 rings (SSSR count). The molecule has 2 aliphatic rings. The molecule has 1 aromatic heterocycles. The number of hydrogen-bond donors (Lipinski definition) is 1. The molecular weight excluding hydrogens is 579 g/mol. The summed E-state index contributed by atoms with van der Waals surface area (Å²) in [4.78, 5) is 24.6. The zero-order valence-electron chi connectivity index (χ0n) is 23.0. The van der Waals surface area contributed by atoms with Gasteiger partial charge in [0.2, 0.25) is 0 Å². The van der Waals surface area contributed by atoms with Gasteiger partial charge in [-0.05, 0) is 61.2 Å². The molecule has 2 aliphatic heterocycles. The van der Waals surface area contributed by atoms with Gasteiger partial charge in [0, 0.05) is 65.5 Å². The standard InChI is InChI=1S/C31H33Cl3N6O.H2/c1-21(24-5-2-22(18-35)3-6-24)38-10-8-26(9-11-38)39-12-14-40(15-13-39)30-29(34)17-25(20-36-30)31(41)37-19-23-4-7-27(32)28(33)16-23;/h2-7,16-17,20-21,26H,8-15,19H2,1H3,(H,37,41);1H. The van der Waals surface area contributed by atoms with Crippen LogP contribution in [0.5, 0.6) is 0 Å². The first kappa shape index (κ1) is 29.6. The molecule has 7 nitrogen and oxygen atoms in total. The van der Waals surface area contributed by atoms with Gasteiger partial charge in [-0.15, -0.1) is 0 Å². The van der Waals surface area contributed by atoms with E-state index < -0.39 is 0 Å². The Morgan fingerprint density at radius 2 is 1.71 bits per heavy atom. The van der Waals surface area contributed by atoms with E-state index in [9.17, 15) is 4.79 Å². The fourth-order valence-corrected chi connectivity index (χ4v) is 6.31. The molecule has 3 aromatic rings. The summed E-state index contributed by atoms with van der Waals surface area (Å²) in [7, 11) is 0. The lowest BCUT2D eigenvalue weighted by atomic mass is 9.98. The molecule has 216 valence electrons. The van der Waals surface area contributed by atoms with Crippen molar-refractivity contribution in [3.8, 4) is 6.07 Å². The van der Waals surface area contributed by atoms with Crippen LogP contribution >= 0.6 is 34.8 Å². The van der Waals surface area contributed by atoms with Crippen LogP contribution in [0.3, 0.4) is 0 Å². The summed E-state index contributed by atoms with van der Waals surface area (Å²) < 4.78 is 0. The molecule has 0 bridgehead atoms. The third-order valence-corrected chi connectivity index (χ3v) is 9.24. The predicted octanol–water partition coefficient (Wildman–Crippen LogP) is 6.44. The Morgan fingerprint density at radius 1 is 1.00 bits per heavy atom. The van der Waals surface area contributed by atoms with Crippen LogP contribution in [0.4, 0.5) is 5.82 Å². The van der Waals surface area contributed by atoms with Crippen molar-refractivity contribution in [2.45, 2.75) is 38.4 Å². The van der Waals surface area contributed by atoms with E-state index in [2.05, 4.69) is 50.1 Å². The Hall–Kier alpha value is -2.86. The molecule has 1 atom stereocenters. The minimum atomic E-state index is -0.248. The Kier molecular flexibility index (Phi) is 9.69. The lowest BCUT2D eigenvalue weighted by Gasteiger charge is -2.44. The first-order valence-corrected chi connectivity index (χ1v) is 15.1. The van der Waals surface area contributed by atoms with Crippen molar-refractivity contribution in [3.05, 3.63) is 92.0 Å². The minimum absolute atomic E-state index is 0. The van der Waals surface area contributed by atoms with E-state index in [0.717, 1.165) is 63.5 Å². The topological polar surface area (TPSA) is 75.5 Å². The predicted molar refractivity (Wildman–Crippen MR) is 167 cm³/mol. The van der Waals surface area contributed by atoms with Crippen LogP contribution in [0.15, 0.2) is 54.7 Å². The van der Waals surface area contributed by atoms with Crippen molar-refractivity contribution in [1.82, 2.24) is 20.1 Å². The summed E-state index contributed by atoms with van der Waals surface area (Å²) in [6.07, 6.45) is 3.87. The molecule has 0 spiro atoms. The van der Waals surface area contributed by atoms with Gasteiger partial charge in [-0.2, -0.15) is 5.26 Å². The number of anilines is 1. The number of rotatable bonds is 7. The average Bonchev–Trinajstić information content (AvgIpc) is 3.01. The first-order valence-electron chi connectivity index (χ1n) is 13.9. The molecule has 1 amide bonds. The van der Waals surface area contributed by atoms with E-state index >= 15 is 0 Å². The fourth-order valence-electron chi connectivity index (χ4n) is 5.71. The maximum absolute atomic E-state index is 12.7. The Labute approximate surface area is 258 Å². The third-order valence-electron chi connectivity index (χ3n) is 8.22. The SMILES string of the molecule is CC(c1ccc(C#N)cc1)N1CCC(N2CCN(c3ncc(C(=O)NCc4ccc(Cl)c(Cl)c4)cc3Cl)CC2)CC1.[HH]. The monoisotopic (exact) mass is 612 g/mol. The van der Waals surface area contributed by atoms with E-state index in [4.69, 9.17) is 40.1 Å². The Morgan fingerprint density at radius 3 is 2.34 bits per heavy atom. The average molecular weight is 614 g/mol. The number of likely N-dealkylation sites (tertiary alicyclic amines) is 1. The number of piperidine rings is 1. The van der Waals surface area contributed by atoms with Gasteiger partial charge in [-0.3, -0.25) is 14.6 Å². The summed E-state index contributed by atoms with van der Waals surface area (Å²) >= 11 is 18.6. The van der Waals surface area contributed by atoms with E-state index in [1.807, 2.05) is 18.2 Å². The van der Waals surface area contributed by atoms with Gasteiger partial charge in [0.15, 0.2) is 0 Å². The Bertz CT molecular complexity index is 1420. The van der Waals surface area contributed by atoms with Crippen molar-refractivity contribution in [2.24, 2.45) is 0 Å². The second-order valence-electron chi connectivity index (χ2n) is 10.7. The zero-order chi connectivity index (χ0) is 28.9. The maximum Gasteiger partial charge on any atom is 0.253 e. The second kappa shape index (κ2) is 13.4. The van der Waals surface area contributed by atoms with Gasteiger partial charge in [0.25, 0.3) is 5.91 Å². The summed E-state index contributed by atoms with van der Waals surface area (Å²) in [5.41, 5.74) is 3.23. The number of nitriles is 1. The number of halogens is 3. The number of hydrogen-bond acceptors (Lipinski definition) is 6. The number of carbonyl (C=O) groups excluding carboxylic acids is 1. The summed E-state index contributed by atoms with van der Waals surface area (Å²) in [6, 6.07) is 18.0. The molecule has 41 heavy (non-hydrogen) atoms. The number of benzene rings is 2. The molecule has 1 N–H and O–H groups in total. The van der Waals surface area contributed by atoms with Crippen LogP contribution < -0.4 is 10.2 Å². The number of pyridine rings is 1. The van der Waals surface area contributed by atoms with Crippen LogP contribution in [0.1, 0.15) is 54.3 Å². The number of nitrogens with one attached hydrogen (secondary N) is 1. The van der Waals surface area contributed by atoms with Gasteiger partial charge in [-0.1, -0.05) is 53.0 Å². The molecular formula is C31H35Cl3N6O. The Balaban J connectivity index is 0.00000405. The van der Waals surface area contributed by atoms with Crippen LogP contribution in [0.2, 0.25) is 15.1 Å². The molecule has 1 unspecified atom stereocenters. The molecule has 0 radical (unpaired) electrons. The number of carbonyl (C=O) groups is 1. The van der Waals surface area contributed by atoms with E-state index in [1.54, 1.807) is 24.4 Å². The first-order chi connectivity index (χ1) is 19.8. The smallest absolute Gasteiger partial charge is 0.253 e. The van der Waals surface area contributed by atoms with Crippen molar-refractivity contribution < 1.29 is 6.22 Å². The lowest BCUT2D eigenvalue weighted by Crippen LogP contribution is -2.53. The van der Waals surface area contributed by atoms with Gasteiger partial charge >= 0.3 is 0 Å². The van der Waals surface area contributed by atoms with Gasteiger partial charge in [-0.25, -0.2) is 4.98 Å². The van der Waals surface area contributed by atoms with Gasteiger partial charge < -0.3 is 10.2 Å². The van der Waals surface area contributed by atoms with Crippen LogP contribution in [0, 0.1) is 11.3 Å². The molecule has 2 aromatic carbocycles. The van der Waals surface area contributed by atoms with Gasteiger partial charge in [0.1, 0.15) is 5.82 Å². The highest BCUT2D eigenvalue weighted by Crippen LogP contribution is 2.29. The molecule has 3 heterocycles. The van der Waals surface area contributed by atoms with E-state index in [0.29, 0.717) is 44.8 Å². The highest BCUT2D eigenvalue weighted by atomic mass is 35.5. The number of amides is 1. The minimum Gasteiger partial charge on any atom is -0.353 e. The largest absolute Gasteiger partial charge is 0.353 e. The summed E-state index contributed by atoms with van der Waals surface area (Å²) in [5.74, 6) is 0.472. The van der Waals surface area contributed by atoms with Crippen LogP contribution in [-0.2, 0) is 6.54 Å². The summed E-state index contributed by atoms with van der Waals surface area (Å²) in [6.45, 7) is 8.31. The van der Waals surface area contributed by atoms with Crippen molar-refractivity contribution >= 4 is 46.5 Å². The second-order valence-corrected chi connectivity index (χ2v) is 11.9.